The molecule has 0 N–H and O–H groups in total. The van der Waals surface area contributed by atoms with Crippen molar-refractivity contribution in [3.8, 4) is 0 Å². The molecule has 1 saturated heterocycles. The number of ether oxygens (including phenoxy) is 2. The number of rotatable bonds is 1. The molecule has 2 bridgehead atoms. The first kappa shape index (κ1) is 25.0. The molecule has 4 saturated carbocycles. The highest BCUT2D eigenvalue weighted by atomic mass is 16.6. The molecule has 4 nitrogen and oxygen atoms in total. The van der Waals surface area contributed by atoms with Gasteiger partial charge in [-0.15, -0.1) is 0 Å². The lowest BCUT2D eigenvalue weighted by molar-refractivity contribution is -0.212. The molecule has 6 rings (SSSR count). The maximum Gasteiger partial charge on any atom is 0.312 e. The molecule has 200 valence electrons. The maximum absolute atomic E-state index is 12.9. The van der Waals surface area contributed by atoms with Gasteiger partial charge in [0.25, 0.3) is 0 Å². The van der Waals surface area contributed by atoms with Gasteiger partial charge in [0.1, 0.15) is 12.2 Å². The molecule has 5 aliphatic carbocycles. The number of fused-ring (bicyclic) bond motifs is 10. The Morgan fingerprint density at radius 1 is 0.917 bits per heavy atom. The molecule has 0 aromatic rings. The standard InChI is InChI=1S/C32H48O4/c1-19(33)35-24-12-13-30(6)22(27(24,2)3)11-14-32(8)23(30)10-9-20-21-17-28(4)18-25(36-26(28)34)29(21,5)15-16-31(20,32)7/h9,21-25H,10-18H2,1-8H3/t21-,22-,23+,24-,25-,28-,29+,30-,31+,32+/m1/s1. The fourth-order valence-corrected chi connectivity index (χ4v) is 11.5. The van der Waals surface area contributed by atoms with Crippen molar-refractivity contribution in [3.05, 3.63) is 11.6 Å². The maximum atomic E-state index is 12.9. The third-order valence-corrected chi connectivity index (χ3v) is 13.9. The van der Waals surface area contributed by atoms with Crippen LogP contribution in [0.4, 0.5) is 0 Å². The Hall–Kier alpha value is -1.32. The van der Waals surface area contributed by atoms with Crippen LogP contribution in [0.2, 0.25) is 0 Å². The molecule has 0 aromatic carbocycles. The van der Waals surface area contributed by atoms with Crippen LogP contribution in [0.1, 0.15) is 113 Å². The summed E-state index contributed by atoms with van der Waals surface area (Å²) in [6, 6.07) is 0. The number of allylic oxidation sites excluding steroid dienone is 2. The van der Waals surface area contributed by atoms with E-state index >= 15 is 0 Å². The van der Waals surface area contributed by atoms with E-state index in [0.29, 0.717) is 17.8 Å². The first-order valence-electron chi connectivity index (χ1n) is 14.7. The second-order valence-electron chi connectivity index (χ2n) is 15.7. The summed E-state index contributed by atoms with van der Waals surface area (Å²) < 4.78 is 11.9. The van der Waals surface area contributed by atoms with E-state index in [9.17, 15) is 9.59 Å². The normalized spacial score (nSPS) is 54.7. The first-order chi connectivity index (χ1) is 16.6. The molecule has 0 unspecified atom stereocenters. The molecule has 6 aliphatic rings. The summed E-state index contributed by atoms with van der Waals surface area (Å²) in [6.07, 6.45) is 12.7. The summed E-state index contributed by atoms with van der Waals surface area (Å²) in [7, 11) is 0. The van der Waals surface area contributed by atoms with Crippen LogP contribution in [0.3, 0.4) is 0 Å². The van der Waals surface area contributed by atoms with Crippen molar-refractivity contribution >= 4 is 11.9 Å². The van der Waals surface area contributed by atoms with E-state index in [4.69, 9.17) is 9.47 Å². The average molecular weight is 497 g/mol. The summed E-state index contributed by atoms with van der Waals surface area (Å²) in [5.41, 5.74) is 2.08. The zero-order valence-corrected chi connectivity index (χ0v) is 24.0. The highest BCUT2D eigenvalue weighted by Gasteiger charge is 2.70. The van der Waals surface area contributed by atoms with Gasteiger partial charge in [-0.05, 0) is 92.3 Å². The number of carbonyl (C=O) groups excluding carboxylic acids is 2. The van der Waals surface area contributed by atoms with Gasteiger partial charge in [0.05, 0.1) is 5.41 Å². The van der Waals surface area contributed by atoms with Gasteiger partial charge in [-0.3, -0.25) is 9.59 Å². The molecule has 1 aliphatic heterocycles. The van der Waals surface area contributed by atoms with Crippen LogP contribution in [0, 0.1) is 50.2 Å². The monoisotopic (exact) mass is 496 g/mol. The number of carbonyl (C=O) groups is 2. The van der Waals surface area contributed by atoms with E-state index in [0.717, 1.165) is 38.5 Å². The van der Waals surface area contributed by atoms with Crippen molar-refractivity contribution in [2.75, 3.05) is 0 Å². The van der Waals surface area contributed by atoms with Crippen LogP contribution >= 0.6 is 0 Å². The number of hydrogen-bond donors (Lipinski definition) is 0. The zero-order chi connectivity index (χ0) is 26.1. The first-order valence-corrected chi connectivity index (χ1v) is 14.7. The quantitative estimate of drug-likeness (QED) is 0.283. The summed E-state index contributed by atoms with van der Waals surface area (Å²) in [5, 5.41) is 0. The van der Waals surface area contributed by atoms with Crippen molar-refractivity contribution < 1.29 is 19.1 Å². The molecule has 10 atom stereocenters. The molecular weight excluding hydrogens is 448 g/mol. The highest BCUT2D eigenvalue weighted by Crippen LogP contribution is 2.76. The number of esters is 2. The van der Waals surface area contributed by atoms with Crippen LogP contribution in [-0.4, -0.2) is 24.1 Å². The molecule has 0 aromatic heterocycles. The third-order valence-electron chi connectivity index (χ3n) is 13.9. The van der Waals surface area contributed by atoms with Gasteiger partial charge in [-0.25, -0.2) is 0 Å². The lowest BCUT2D eigenvalue weighted by atomic mass is 9.33. The van der Waals surface area contributed by atoms with Gasteiger partial charge in [-0.1, -0.05) is 53.2 Å². The Labute approximate surface area is 218 Å². The summed E-state index contributed by atoms with van der Waals surface area (Å²) >= 11 is 0. The molecule has 0 radical (unpaired) electrons. The molecule has 5 fully saturated rings. The van der Waals surface area contributed by atoms with E-state index in [1.807, 2.05) is 0 Å². The average Bonchev–Trinajstić information content (AvgIpc) is 3.04. The molecule has 1 heterocycles. The third kappa shape index (κ3) is 2.83. The van der Waals surface area contributed by atoms with Gasteiger partial charge in [0.2, 0.25) is 0 Å². The van der Waals surface area contributed by atoms with Crippen molar-refractivity contribution in [2.24, 2.45) is 50.2 Å². The van der Waals surface area contributed by atoms with Gasteiger partial charge in [-0.2, -0.15) is 0 Å². The Morgan fingerprint density at radius 2 is 1.64 bits per heavy atom. The van der Waals surface area contributed by atoms with Crippen LogP contribution < -0.4 is 0 Å². The van der Waals surface area contributed by atoms with E-state index in [1.165, 1.54) is 19.3 Å². The predicted octanol–water partition coefficient (Wildman–Crippen LogP) is 7.26. The molecule has 0 spiro atoms. The van der Waals surface area contributed by atoms with Crippen LogP contribution in [-0.2, 0) is 19.1 Å². The van der Waals surface area contributed by atoms with Crippen molar-refractivity contribution in [1.29, 1.82) is 0 Å². The van der Waals surface area contributed by atoms with Crippen LogP contribution in [0.15, 0.2) is 11.6 Å². The Bertz CT molecular complexity index is 1040. The largest absolute Gasteiger partial charge is 0.462 e. The van der Waals surface area contributed by atoms with Gasteiger partial charge < -0.3 is 9.47 Å². The Balaban J connectivity index is 1.39. The van der Waals surface area contributed by atoms with Crippen molar-refractivity contribution in [1.82, 2.24) is 0 Å². The summed E-state index contributed by atoms with van der Waals surface area (Å²) in [4.78, 5) is 24.8. The topological polar surface area (TPSA) is 52.6 Å². The minimum absolute atomic E-state index is 0.00904. The Kier molecular flexibility index (Phi) is 5.00. The van der Waals surface area contributed by atoms with Gasteiger partial charge >= 0.3 is 11.9 Å². The number of hydrogen-bond acceptors (Lipinski definition) is 4. The van der Waals surface area contributed by atoms with Crippen molar-refractivity contribution in [2.45, 2.75) is 125 Å². The minimum atomic E-state index is -0.311. The van der Waals surface area contributed by atoms with E-state index in [2.05, 4.69) is 54.5 Å². The molecule has 36 heavy (non-hydrogen) atoms. The fourth-order valence-electron chi connectivity index (χ4n) is 11.5. The fraction of sp³-hybridized carbons (Fsp3) is 0.875. The molecular formula is C32H48O4. The van der Waals surface area contributed by atoms with E-state index in [-0.39, 0.29) is 56.6 Å². The Morgan fingerprint density at radius 3 is 2.33 bits per heavy atom. The summed E-state index contributed by atoms with van der Waals surface area (Å²) in [6.45, 7) is 18.7. The van der Waals surface area contributed by atoms with Gasteiger partial charge in [0.15, 0.2) is 0 Å². The second kappa shape index (κ2) is 7.20. The second-order valence-corrected chi connectivity index (χ2v) is 15.7. The molecule has 0 amide bonds. The lowest BCUT2D eigenvalue weighted by Crippen LogP contribution is -2.65. The summed E-state index contributed by atoms with van der Waals surface area (Å²) in [5.74, 6) is 1.55. The SMILES string of the molecule is CC(=O)O[C@@H]1CC[C@]2(C)[C@H](CC[C@@]3(C)[C@H]2CC=C2[C@H]4C[C@]5(C)C[C@@H](OC5=O)[C@@]4(C)CC[C@@]23C)C1(C)C. The van der Waals surface area contributed by atoms with Crippen LogP contribution in [0.5, 0.6) is 0 Å². The zero-order valence-electron chi connectivity index (χ0n) is 24.0. The highest BCUT2D eigenvalue weighted by molar-refractivity contribution is 5.79. The predicted molar refractivity (Wildman–Crippen MR) is 140 cm³/mol. The van der Waals surface area contributed by atoms with E-state index in [1.54, 1.807) is 12.5 Å². The van der Waals surface area contributed by atoms with Crippen molar-refractivity contribution in [3.63, 3.8) is 0 Å². The molecule has 4 heteroatoms. The van der Waals surface area contributed by atoms with E-state index < -0.39 is 0 Å². The van der Waals surface area contributed by atoms with Crippen LogP contribution in [0.25, 0.3) is 0 Å². The minimum Gasteiger partial charge on any atom is -0.462 e. The smallest absolute Gasteiger partial charge is 0.312 e. The van der Waals surface area contributed by atoms with Gasteiger partial charge in [0, 0.05) is 24.2 Å². The lowest BCUT2D eigenvalue weighted by Gasteiger charge is -2.71.